The summed E-state index contributed by atoms with van der Waals surface area (Å²) in [6.07, 6.45) is 1.22. The zero-order valence-electron chi connectivity index (χ0n) is 10.5. The molecule has 1 fully saturated rings. The molecular weight excluding hydrogens is 196 g/mol. The summed E-state index contributed by atoms with van der Waals surface area (Å²) in [5.74, 6) is 0. The molecule has 0 bridgehead atoms. The van der Waals surface area contributed by atoms with Crippen LogP contribution < -0.4 is 10.2 Å². The van der Waals surface area contributed by atoms with Crippen molar-refractivity contribution in [1.29, 1.82) is 0 Å². The van der Waals surface area contributed by atoms with Gasteiger partial charge in [0.1, 0.15) is 0 Å². The van der Waals surface area contributed by atoms with Crippen molar-refractivity contribution in [2.75, 3.05) is 18.0 Å². The second-order valence-electron chi connectivity index (χ2n) is 4.94. The maximum Gasteiger partial charge on any atom is 0.0389 e. The van der Waals surface area contributed by atoms with Crippen molar-refractivity contribution in [2.45, 2.75) is 39.3 Å². The number of hydrogen-bond donors (Lipinski definition) is 1. The van der Waals surface area contributed by atoms with Gasteiger partial charge >= 0.3 is 0 Å². The van der Waals surface area contributed by atoms with Crippen LogP contribution in [0.2, 0.25) is 0 Å². The lowest BCUT2D eigenvalue weighted by Gasteiger charge is -2.34. The van der Waals surface area contributed by atoms with Crippen LogP contribution in [0.15, 0.2) is 24.3 Å². The van der Waals surface area contributed by atoms with Gasteiger partial charge in [0.05, 0.1) is 0 Å². The minimum atomic E-state index is 0.569. The Balaban J connectivity index is 2.28. The van der Waals surface area contributed by atoms with Crippen molar-refractivity contribution in [3.05, 3.63) is 29.8 Å². The smallest absolute Gasteiger partial charge is 0.0389 e. The van der Waals surface area contributed by atoms with Gasteiger partial charge in [0.2, 0.25) is 0 Å². The minimum absolute atomic E-state index is 0.569. The average Bonchev–Trinajstić information content (AvgIpc) is 2.40. The van der Waals surface area contributed by atoms with Crippen molar-refractivity contribution in [3.63, 3.8) is 0 Å². The van der Waals surface area contributed by atoms with E-state index in [-0.39, 0.29) is 0 Å². The Morgan fingerprint density at radius 2 is 2.06 bits per heavy atom. The molecule has 1 saturated heterocycles. The van der Waals surface area contributed by atoms with Gasteiger partial charge in [-0.25, -0.2) is 0 Å². The van der Waals surface area contributed by atoms with E-state index in [1.165, 1.54) is 17.7 Å². The van der Waals surface area contributed by atoms with Crippen LogP contribution in [-0.2, 0) is 0 Å². The summed E-state index contributed by atoms with van der Waals surface area (Å²) >= 11 is 0. The highest BCUT2D eigenvalue weighted by molar-refractivity contribution is 5.50. The van der Waals surface area contributed by atoms with Gasteiger partial charge in [-0.05, 0) is 51.4 Å². The van der Waals surface area contributed by atoms with Crippen LogP contribution in [0, 0.1) is 6.92 Å². The molecular formula is C14H22N2. The van der Waals surface area contributed by atoms with E-state index in [2.05, 4.69) is 55.3 Å². The number of anilines is 1. The predicted molar refractivity (Wildman–Crippen MR) is 70.1 cm³/mol. The molecule has 0 aromatic heterocycles. The summed E-state index contributed by atoms with van der Waals surface area (Å²) in [6.45, 7) is 9.00. The van der Waals surface area contributed by atoms with E-state index in [0.29, 0.717) is 12.1 Å². The summed E-state index contributed by atoms with van der Waals surface area (Å²) in [7, 11) is 0. The molecule has 1 aromatic carbocycles. The van der Waals surface area contributed by atoms with E-state index in [9.17, 15) is 0 Å². The summed E-state index contributed by atoms with van der Waals surface area (Å²) in [6, 6.07) is 10.0. The summed E-state index contributed by atoms with van der Waals surface area (Å²) in [5, 5.41) is 3.50. The summed E-state index contributed by atoms with van der Waals surface area (Å²) in [4.78, 5) is 2.55. The van der Waals surface area contributed by atoms with E-state index in [0.717, 1.165) is 13.1 Å². The lowest BCUT2D eigenvalue weighted by Crippen LogP contribution is -2.41. The van der Waals surface area contributed by atoms with Crippen molar-refractivity contribution in [2.24, 2.45) is 0 Å². The number of nitrogens with zero attached hydrogens (tertiary/aromatic N) is 1. The van der Waals surface area contributed by atoms with Gasteiger partial charge < -0.3 is 10.2 Å². The monoisotopic (exact) mass is 218 g/mol. The molecule has 1 aliphatic heterocycles. The third kappa shape index (κ3) is 2.38. The average molecular weight is 218 g/mol. The Kier molecular flexibility index (Phi) is 3.49. The molecule has 1 heterocycles. The zero-order chi connectivity index (χ0) is 11.5. The number of nitrogens with one attached hydrogen (secondary N) is 1. The Hall–Kier alpha value is -1.02. The van der Waals surface area contributed by atoms with Crippen molar-refractivity contribution in [1.82, 2.24) is 5.32 Å². The first-order valence-electron chi connectivity index (χ1n) is 6.24. The van der Waals surface area contributed by atoms with Crippen LogP contribution in [0.25, 0.3) is 0 Å². The lowest BCUT2D eigenvalue weighted by atomic mass is 10.1. The Morgan fingerprint density at radius 3 is 2.81 bits per heavy atom. The Bertz CT molecular complexity index is 336. The molecule has 0 spiro atoms. The molecule has 2 rings (SSSR count). The van der Waals surface area contributed by atoms with E-state index >= 15 is 0 Å². The molecule has 2 atom stereocenters. The van der Waals surface area contributed by atoms with Gasteiger partial charge in [0.15, 0.2) is 0 Å². The van der Waals surface area contributed by atoms with Gasteiger partial charge in [-0.3, -0.25) is 0 Å². The molecule has 0 aliphatic carbocycles. The van der Waals surface area contributed by atoms with Gasteiger partial charge in [-0.2, -0.15) is 0 Å². The summed E-state index contributed by atoms with van der Waals surface area (Å²) < 4.78 is 0. The molecule has 0 saturated carbocycles. The van der Waals surface area contributed by atoms with E-state index in [4.69, 9.17) is 0 Å². The molecule has 0 radical (unpaired) electrons. The first-order chi connectivity index (χ1) is 7.68. The zero-order valence-corrected chi connectivity index (χ0v) is 10.5. The third-order valence-electron chi connectivity index (χ3n) is 3.43. The molecule has 1 aromatic rings. The van der Waals surface area contributed by atoms with Crippen molar-refractivity contribution >= 4 is 5.69 Å². The van der Waals surface area contributed by atoms with Crippen LogP contribution in [0.3, 0.4) is 0 Å². The fourth-order valence-corrected chi connectivity index (χ4v) is 2.59. The van der Waals surface area contributed by atoms with Crippen LogP contribution >= 0.6 is 0 Å². The second-order valence-corrected chi connectivity index (χ2v) is 4.94. The molecule has 16 heavy (non-hydrogen) atoms. The molecule has 88 valence electrons. The SMILES string of the molecule is Cc1cccc(N2C(C)CCNCC2C)c1. The highest BCUT2D eigenvalue weighted by Crippen LogP contribution is 2.23. The molecule has 2 nitrogen and oxygen atoms in total. The fraction of sp³-hybridized carbons (Fsp3) is 0.571. The van der Waals surface area contributed by atoms with Crippen LogP contribution in [0.1, 0.15) is 25.8 Å². The molecule has 0 amide bonds. The van der Waals surface area contributed by atoms with Crippen LogP contribution in [0.5, 0.6) is 0 Å². The number of benzene rings is 1. The molecule has 2 heteroatoms. The number of rotatable bonds is 1. The predicted octanol–water partition coefficient (Wildman–Crippen LogP) is 2.57. The van der Waals surface area contributed by atoms with Gasteiger partial charge in [-0.1, -0.05) is 12.1 Å². The van der Waals surface area contributed by atoms with Gasteiger partial charge in [-0.15, -0.1) is 0 Å². The minimum Gasteiger partial charge on any atom is -0.365 e. The third-order valence-corrected chi connectivity index (χ3v) is 3.43. The quantitative estimate of drug-likeness (QED) is 0.779. The Labute approximate surface area is 98.7 Å². The molecule has 2 unspecified atom stereocenters. The maximum absolute atomic E-state index is 3.50. The van der Waals surface area contributed by atoms with Crippen LogP contribution in [0.4, 0.5) is 5.69 Å². The van der Waals surface area contributed by atoms with E-state index < -0.39 is 0 Å². The Morgan fingerprint density at radius 1 is 1.25 bits per heavy atom. The first kappa shape index (κ1) is 11.5. The standard InChI is InChI=1S/C14H22N2/c1-11-5-4-6-14(9-11)16-12(2)7-8-15-10-13(16)3/h4-6,9,12-13,15H,7-8,10H2,1-3H3. The molecule has 1 N–H and O–H groups in total. The van der Waals surface area contributed by atoms with Crippen LogP contribution in [-0.4, -0.2) is 25.2 Å². The van der Waals surface area contributed by atoms with Crippen molar-refractivity contribution < 1.29 is 0 Å². The fourth-order valence-electron chi connectivity index (χ4n) is 2.59. The van der Waals surface area contributed by atoms with E-state index in [1.807, 2.05) is 0 Å². The maximum atomic E-state index is 3.50. The largest absolute Gasteiger partial charge is 0.365 e. The lowest BCUT2D eigenvalue weighted by molar-refractivity contribution is 0.575. The highest BCUT2D eigenvalue weighted by atomic mass is 15.2. The van der Waals surface area contributed by atoms with E-state index in [1.54, 1.807) is 0 Å². The normalized spacial score (nSPS) is 26.6. The second kappa shape index (κ2) is 4.88. The first-order valence-corrected chi connectivity index (χ1v) is 6.24. The number of aryl methyl sites for hydroxylation is 1. The molecule has 1 aliphatic rings. The highest BCUT2D eigenvalue weighted by Gasteiger charge is 2.22. The van der Waals surface area contributed by atoms with Crippen molar-refractivity contribution in [3.8, 4) is 0 Å². The van der Waals surface area contributed by atoms with Gasteiger partial charge in [0.25, 0.3) is 0 Å². The number of hydrogen-bond acceptors (Lipinski definition) is 2. The van der Waals surface area contributed by atoms with Gasteiger partial charge in [0, 0.05) is 24.3 Å². The summed E-state index contributed by atoms with van der Waals surface area (Å²) in [5.41, 5.74) is 2.71. The topological polar surface area (TPSA) is 15.3 Å².